The molecule has 1 saturated heterocycles. The molecule has 3 aromatic heterocycles. The van der Waals surface area contributed by atoms with E-state index in [9.17, 15) is 4.79 Å². The summed E-state index contributed by atoms with van der Waals surface area (Å²) in [5, 5.41) is 4.96. The lowest BCUT2D eigenvalue weighted by molar-refractivity contribution is -0.115. The quantitative estimate of drug-likeness (QED) is 0.452. The molecule has 4 heterocycles. The van der Waals surface area contributed by atoms with Gasteiger partial charge in [0.2, 0.25) is 5.91 Å². The van der Waals surface area contributed by atoms with Crippen molar-refractivity contribution in [3.63, 3.8) is 0 Å². The van der Waals surface area contributed by atoms with E-state index >= 15 is 0 Å². The van der Waals surface area contributed by atoms with Crippen LogP contribution in [-0.4, -0.2) is 39.7 Å². The van der Waals surface area contributed by atoms with E-state index < -0.39 is 0 Å². The number of thioether (sulfide) groups is 1. The van der Waals surface area contributed by atoms with Gasteiger partial charge in [-0.3, -0.25) is 4.79 Å². The number of nitrogens with one attached hydrogen (secondary N) is 1. The van der Waals surface area contributed by atoms with Crippen LogP contribution in [0.3, 0.4) is 0 Å². The Labute approximate surface area is 179 Å². The van der Waals surface area contributed by atoms with Crippen LogP contribution in [0.15, 0.2) is 35.7 Å². The van der Waals surface area contributed by atoms with Crippen LogP contribution in [0.2, 0.25) is 0 Å². The van der Waals surface area contributed by atoms with Crippen LogP contribution in [0.4, 0.5) is 11.5 Å². The third-order valence-corrected chi connectivity index (χ3v) is 7.09. The number of fused-ring (bicyclic) bond motifs is 1. The molecule has 0 radical (unpaired) electrons. The Morgan fingerprint density at radius 3 is 2.86 bits per heavy atom. The number of nitrogens with zero attached hydrogens (tertiary/aromatic N) is 4. The Morgan fingerprint density at radius 1 is 1.28 bits per heavy atom. The minimum atomic E-state index is -0.00866. The molecule has 29 heavy (non-hydrogen) atoms. The molecule has 1 amide bonds. The highest BCUT2D eigenvalue weighted by atomic mass is 32.2. The molecule has 0 spiro atoms. The first-order valence-electron chi connectivity index (χ1n) is 9.93. The molecule has 152 valence electrons. The molecule has 0 aromatic carbocycles. The molecule has 6 nitrogen and oxygen atoms in total. The van der Waals surface area contributed by atoms with Gasteiger partial charge in [0.15, 0.2) is 0 Å². The second kappa shape index (κ2) is 9.09. The summed E-state index contributed by atoms with van der Waals surface area (Å²) in [6.45, 7) is 6.48. The van der Waals surface area contributed by atoms with Gasteiger partial charge in [-0.15, -0.1) is 23.1 Å². The number of thiophene rings is 1. The normalized spacial score (nSPS) is 15.0. The number of carbonyl (C=O) groups excluding carboxylic acids is 1. The predicted molar refractivity (Wildman–Crippen MR) is 121 cm³/mol. The molecule has 8 heteroatoms. The van der Waals surface area contributed by atoms with Crippen LogP contribution in [0.1, 0.15) is 31.1 Å². The molecule has 0 aliphatic carbocycles. The first kappa shape index (κ1) is 20.1. The van der Waals surface area contributed by atoms with Gasteiger partial charge in [0.25, 0.3) is 0 Å². The predicted octanol–water partition coefficient (Wildman–Crippen LogP) is 4.75. The summed E-state index contributed by atoms with van der Waals surface area (Å²) >= 11 is 3.26. The van der Waals surface area contributed by atoms with Gasteiger partial charge in [0.05, 0.1) is 11.9 Å². The number of carbonyl (C=O) groups is 1. The fourth-order valence-corrected chi connectivity index (χ4v) is 5.24. The first-order valence-corrected chi connectivity index (χ1v) is 11.7. The molecule has 1 aliphatic heterocycles. The van der Waals surface area contributed by atoms with Gasteiger partial charge >= 0.3 is 0 Å². The Balaban J connectivity index is 1.27. The average molecular weight is 428 g/mol. The number of piperidine rings is 1. The molecule has 0 saturated carbocycles. The van der Waals surface area contributed by atoms with Crippen molar-refractivity contribution in [3.8, 4) is 0 Å². The second-order valence-electron chi connectivity index (χ2n) is 7.48. The summed E-state index contributed by atoms with van der Waals surface area (Å²) in [5.41, 5.74) is 0.743. The molecule has 1 N–H and O–H groups in total. The van der Waals surface area contributed by atoms with E-state index in [1.165, 1.54) is 17.7 Å². The molecule has 0 atom stereocenters. The number of amides is 1. The monoisotopic (exact) mass is 427 g/mol. The summed E-state index contributed by atoms with van der Waals surface area (Å²) < 4.78 is 0. The van der Waals surface area contributed by atoms with Crippen molar-refractivity contribution in [1.82, 2.24) is 15.0 Å². The minimum Gasteiger partial charge on any atom is -0.357 e. The smallest absolute Gasteiger partial charge is 0.225 e. The van der Waals surface area contributed by atoms with Gasteiger partial charge < -0.3 is 10.2 Å². The third-order valence-electron chi connectivity index (χ3n) is 5.12. The maximum atomic E-state index is 12.3. The van der Waals surface area contributed by atoms with Crippen molar-refractivity contribution in [3.05, 3.63) is 35.6 Å². The zero-order chi connectivity index (χ0) is 20.2. The van der Waals surface area contributed by atoms with Crippen LogP contribution in [0, 0.1) is 12.8 Å². The molecule has 0 bridgehead atoms. The molecular formula is C21H25N5OS2. The lowest BCUT2D eigenvalue weighted by Crippen LogP contribution is -2.33. The lowest BCUT2D eigenvalue weighted by atomic mass is 9.99. The highest BCUT2D eigenvalue weighted by molar-refractivity contribution is 7.99. The fourth-order valence-electron chi connectivity index (χ4n) is 3.42. The topological polar surface area (TPSA) is 71.0 Å². The number of pyridine rings is 1. The van der Waals surface area contributed by atoms with E-state index in [0.29, 0.717) is 12.2 Å². The minimum absolute atomic E-state index is 0.00866. The Kier molecular flexibility index (Phi) is 6.30. The molecular weight excluding hydrogens is 402 g/mol. The molecule has 0 unspecified atom stereocenters. The molecule has 3 aromatic rings. The van der Waals surface area contributed by atoms with Gasteiger partial charge in [-0.05, 0) is 43.9 Å². The molecule has 1 fully saturated rings. The highest BCUT2D eigenvalue weighted by Crippen LogP contribution is 2.30. The lowest BCUT2D eigenvalue weighted by Gasteiger charge is -2.31. The van der Waals surface area contributed by atoms with Crippen LogP contribution in [0.5, 0.6) is 0 Å². The number of hydrogen-bond donors (Lipinski definition) is 1. The van der Waals surface area contributed by atoms with Crippen molar-refractivity contribution in [2.45, 2.75) is 38.1 Å². The van der Waals surface area contributed by atoms with Crippen LogP contribution in [0.25, 0.3) is 10.2 Å². The fraction of sp³-hybridized carbons (Fsp3) is 0.429. The van der Waals surface area contributed by atoms with Crippen molar-refractivity contribution in [2.75, 3.05) is 29.1 Å². The van der Waals surface area contributed by atoms with Crippen LogP contribution >= 0.6 is 23.1 Å². The average Bonchev–Trinajstić information content (AvgIpc) is 3.10. The third kappa shape index (κ3) is 5.05. The van der Waals surface area contributed by atoms with Gasteiger partial charge in [-0.25, -0.2) is 15.0 Å². The highest BCUT2D eigenvalue weighted by Gasteiger charge is 2.17. The SMILES string of the molecule is Cc1cc2c(SCCC(=O)Nc3ccc(N4CCC(C)CC4)nc3)ncnc2s1. The first-order chi connectivity index (χ1) is 14.1. The van der Waals surface area contributed by atoms with Crippen LogP contribution in [-0.2, 0) is 4.79 Å². The van der Waals surface area contributed by atoms with E-state index in [1.807, 2.05) is 12.1 Å². The van der Waals surface area contributed by atoms with E-state index in [-0.39, 0.29) is 5.91 Å². The summed E-state index contributed by atoms with van der Waals surface area (Å²) in [6.07, 6.45) is 6.19. The van der Waals surface area contributed by atoms with E-state index in [4.69, 9.17) is 0 Å². The summed E-state index contributed by atoms with van der Waals surface area (Å²) in [5.74, 6) is 2.45. The number of anilines is 2. The van der Waals surface area contributed by atoms with Gasteiger partial charge in [-0.1, -0.05) is 6.92 Å². The van der Waals surface area contributed by atoms with Crippen molar-refractivity contribution >= 4 is 50.7 Å². The Hall–Kier alpha value is -2.19. The Bertz CT molecular complexity index is 980. The van der Waals surface area contributed by atoms with E-state index in [0.717, 1.165) is 45.8 Å². The standard InChI is InChI=1S/C21H25N5OS2/c1-14-5-8-26(9-6-14)18-4-3-16(12-22-18)25-19(27)7-10-28-20-17-11-15(2)29-21(17)24-13-23-20/h3-4,11-14H,5-10H2,1-2H3,(H,25,27). The summed E-state index contributed by atoms with van der Waals surface area (Å²) in [7, 11) is 0. The Morgan fingerprint density at radius 2 is 2.10 bits per heavy atom. The van der Waals surface area contributed by atoms with Crippen molar-refractivity contribution in [1.29, 1.82) is 0 Å². The molecule has 1 aliphatic rings. The maximum absolute atomic E-state index is 12.3. The second-order valence-corrected chi connectivity index (χ2v) is 9.79. The van der Waals surface area contributed by atoms with E-state index in [1.54, 1.807) is 35.6 Å². The molecule has 4 rings (SSSR count). The van der Waals surface area contributed by atoms with Crippen molar-refractivity contribution < 1.29 is 4.79 Å². The van der Waals surface area contributed by atoms with Crippen molar-refractivity contribution in [2.24, 2.45) is 5.92 Å². The number of aryl methyl sites for hydroxylation is 1. The largest absolute Gasteiger partial charge is 0.357 e. The zero-order valence-electron chi connectivity index (χ0n) is 16.7. The summed E-state index contributed by atoms with van der Waals surface area (Å²) in [6, 6.07) is 6.04. The number of rotatable bonds is 6. The van der Waals surface area contributed by atoms with Gasteiger partial charge in [0, 0.05) is 35.5 Å². The number of aromatic nitrogens is 3. The zero-order valence-corrected chi connectivity index (χ0v) is 18.4. The van der Waals surface area contributed by atoms with Gasteiger partial charge in [-0.2, -0.15) is 0 Å². The number of hydrogen-bond acceptors (Lipinski definition) is 7. The maximum Gasteiger partial charge on any atom is 0.225 e. The van der Waals surface area contributed by atoms with E-state index in [2.05, 4.69) is 45.1 Å². The summed E-state index contributed by atoms with van der Waals surface area (Å²) in [4.78, 5) is 30.1. The van der Waals surface area contributed by atoms with Crippen LogP contribution < -0.4 is 10.2 Å². The van der Waals surface area contributed by atoms with Gasteiger partial charge in [0.1, 0.15) is 22.0 Å².